The molecule has 0 N–H and O–H groups in total. The molecule has 0 unspecified atom stereocenters. The summed E-state index contributed by atoms with van der Waals surface area (Å²) in [6.07, 6.45) is 9.61. The number of benzene rings is 1. The van der Waals surface area contributed by atoms with Crippen molar-refractivity contribution in [2.45, 2.75) is 39.2 Å². The van der Waals surface area contributed by atoms with Gasteiger partial charge in [-0.05, 0) is 62.9 Å². The van der Waals surface area contributed by atoms with Crippen molar-refractivity contribution in [3.63, 3.8) is 0 Å². The van der Waals surface area contributed by atoms with Crippen LogP contribution < -0.4 is 4.74 Å². The summed E-state index contributed by atoms with van der Waals surface area (Å²) in [7, 11) is 0. The molecule has 0 saturated carbocycles. The van der Waals surface area contributed by atoms with Gasteiger partial charge in [-0.1, -0.05) is 6.07 Å². The second-order valence-corrected chi connectivity index (χ2v) is 6.30. The number of rotatable bonds is 5. The molecule has 5 nitrogen and oxygen atoms in total. The zero-order chi connectivity index (χ0) is 17.2. The Bertz CT molecular complexity index is 761. The first kappa shape index (κ1) is 16.3. The number of aryl methyl sites for hydroxylation is 1. The summed E-state index contributed by atoms with van der Waals surface area (Å²) in [6.45, 7) is 5.57. The number of aromatic nitrogens is 2. The van der Waals surface area contributed by atoms with Gasteiger partial charge in [0.15, 0.2) is 5.60 Å². The van der Waals surface area contributed by atoms with Crippen LogP contribution in [0, 0.1) is 0 Å². The fourth-order valence-electron chi connectivity index (χ4n) is 2.79. The van der Waals surface area contributed by atoms with Crippen LogP contribution in [-0.4, -0.2) is 27.7 Å². The van der Waals surface area contributed by atoms with Gasteiger partial charge >= 0.3 is 5.97 Å². The molecule has 126 valence electrons. The molecular weight excluding hydrogens is 304 g/mol. The minimum Gasteiger partial charge on any atom is -0.476 e. The molecule has 0 amide bonds. The number of carbonyl (C=O) groups is 1. The molecule has 0 radical (unpaired) electrons. The van der Waals surface area contributed by atoms with E-state index in [0.29, 0.717) is 12.4 Å². The molecule has 1 aromatic heterocycles. The third-order valence-corrected chi connectivity index (χ3v) is 4.07. The average molecular weight is 326 g/mol. The van der Waals surface area contributed by atoms with E-state index in [0.717, 1.165) is 18.4 Å². The van der Waals surface area contributed by atoms with Gasteiger partial charge in [0.05, 0.1) is 12.9 Å². The first-order chi connectivity index (χ1) is 11.5. The topological polar surface area (TPSA) is 53.4 Å². The highest BCUT2D eigenvalue weighted by Gasteiger charge is 2.31. The zero-order valence-electron chi connectivity index (χ0n) is 14.3. The lowest BCUT2D eigenvalue weighted by Crippen LogP contribution is -2.39. The summed E-state index contributed by atoms with van der Waals surface area (Å²) < 4.78 is 13.0. The fraction of sp³-hybridized carbons (Fsp3) is 0.368. The third-order valence-electron chi connectivity index (χ3n) is 4.07. The summed E-state index contributed by atoms with van der Waals surface area (Å²) in [5.74, 6) is 0.298. The van der Waals surface area contributed by atoms with Gasteiger partial charge in [-0.25, -0.2) is 9.78 Å². The van der Waals surface area contributed by atoms with Crippen LogP contribution in [0.15, 0.2) is 36.9 Å². The SMILES string of the molecule is CCOC(=O)C(C)(C)Oc1ccc2c(c1)C=C(n1ccnc1)CC2. The Morgan fingerprint density at radius 1 is 1.33 bits per heavy atom. The number of ether oxygens (including phenoxy) is 2. The number of imidazole rings is 1. The van der Waals surface area contributed by atoms with Gasteiger partial charge < -0.3 is 14.0 Å². The molecule has 0 fully saturated rings. The Morgan fingerprint density at radius 3 is 2.88 bits per heavy atom. The van der Waals surface area contributed by atoms with Crippen LogP contribution >= 0.6 is 0 Å². The van der Waals surface area contributed by atoms with E-state index in [9.17, 15) is 4.79 Å². The van der Waals surface area contributed by atoms with Crippen LogP contribution in [0.3, 0.4) is 0 Å². The van der Waals surface area contributed by atoms with Crippen LogP contribution in [-0.2, 0) is 16.0 Å². The highest BCUT2D eigenvalue weighted by molar-refractivity contribution is 5.79. The molecule has 0 bridgehead atoms. The van der Waals surface area contributed by atoms with E-state index >= 15 is 0 Å². The molecule has 1 aromatic carbocycles. The minimum atomic E-state index is -1.02. The highest BCUT2D eigenvalue weighted by Crippen LogP contribution is 2.30. The molecule has 1 heterocycles. The van der Waals surface area contributed by atoms with Crippen molar-refractivity contribution in [3.05, 3.63) is 48.0 Å². The van der Waals surface area contributed by atoms with Gasteiger partial charge in [0.25, 0.3) is 0 Å². The summed E-state index contributed by atoms with van der Waals surface area (Å²) in [4.78, 5) is 16.1. The Morgan fingerprint density at radius 2 is 2.17 bits per heavy atom. The molecule has 0 saturated heterocycles. The van der Waals surface area contributed by atoms with E-state index in [1.54, 1.807) is 33.3 Å². The fourth-order valence-corrected chi connectivity index (χ4v) is 2.79. The second-order valence-electron chi connectivity index (χ2n) is 6.30. The van der Waals surface area contributed by atoms with Crippen LogP contribution in [0.5, 0.6) is 5.75 Å². The smallest absolute Gasteiger partial charge is 0.349 e. The Balaban J connectivity index is 1.84. The maximum absolute atomic E-state index is 12.0. The monoisotopic (exact) mass is 326 g/mol. The average Bonchev–Trinajstić information content (AvgIpc) is 3.08. The van der Waals surface area contributed by atoms with Gasteiger partial charge in [-0.15, -0.1) is 0 Å². The number of nitrogens with zero attached hydrogens (tertiary/aromatic N) is 2. The minimum absolute atomic E-state index is 0.340. The molecule has 3 rings (SSSR count). The van der Waals surface area contributed by atoms with E-state index in [-0.39, 0.29) is 5.97 Å². The molecule has 0 atom stereocenters. The predicted molar refractivity (Wildman–Crippen MR) is 92.5 cm³/mol. The molecular formula is C19H22N2O3. The number of fused-ring (bicyclic) bond motifs is 1. The summed E-state index contributed by atoms with van der Waals surface area (Å²) in [6, 6.07) is 5.95. The van der Waals surface area contributed by atoms with Crippen LogP contribution in [0.2, 0.25) is 0 Å². The first-order valence-electron chi connectivity index (χ1n) is 8.17. The van der Waals surface area contributed by atoms with E-state index in [1.807, 2.05) is 22.9 Å². The number of esters is 1. The molecule has 1 aliphatic rings. The van der Waals surface area contributed by atoms with Gasteiger partial charge in [0, 0.05) is 18.1 Å². The number of hydrogen-bond donors (Lipinski definition) is 0. The Labute approximate surface area is 141 Å². The van der Waals surface area contributed by atoms with Crippen molar-refractivity contribution in [2.24, 2.45) is 0 Å². The molecule has 5 heteroatoms. The maximum Gasteiger partial charge on any atom is 0.349 e. The largest absolute Gasteiger partial charge is 0.476 e. The normalized spacial score (nSPS) is 13.9. The highest BCUT2D eigenvalue weighted by atomic mass is 16.6. The molecule has 0 aliphatic heterocycles. The maximum atomic E-state index is 12.0. The first-order valence-corrected chi connectivity index (χ1v) is 8.17. The molecule has 1 aliphatic carbocycles. The van der Waals surface area contributed by atoms with E-state index in [4.69, 9.17) is 9.47 Å². The Kier molecular flexibility index (Phi) is 4.42. The van der Waals surface area contributed by atoms with Crippen molar-refractivity contribution in [3.8, 4) is 5.75 Å². The summed E-state index contributed by atoms with van der Waals surface area (Å²) in [5, 5.41) is 0. The molecule has 24 heavy (non-hydrogen) atoms. The Hall–Kier alpha value is -2.56. The van der Waals surface area contributed by atoms with Crippen LogP contribution in [0.4, 0.5) is 0 Å². The lowest BCUT2D eigenvalue weighted by Gasteiger charge is -2.25. The van der Waals surface area contributed by atoms with Crippen LogP contribution in [0.1, 0.15) is 38.3 Å². The number of carbonyl (C=O) groups excluding carboxylic acids is 1. The van der Waals surface area contributed by atoms with Crippen molar-refractivity contribution in [2.75, 3.05) is 6.61 Å². The van der Waals surface area contributed by atoms with E-state index in [1.165, 1.54) is 11.3 Å². The molecule has 2 aromatic rings. The van der Waals surface area contributed by atoms with Crippen LogP contribution in [0.25, 0.3) is 11.8 Å². The summed E-state index contributed by atoms with van der Waals surface area (Å²) >= 11 is 0. The molecule has 0 spiro atoms. The van der Waals surface area contributed by atoms with Crippen molar-refractivity contribution in [1.82, 2.24) is 9.55 Å². The van der Waals surface area contributed by atoms with E-state index < -0.39 is 5.60 Å². The van der Waals surface area contributed by atoms with Crippen molar-refractivity contribution in [1.29, 1.82) is 0 Å². The third kappa shape index (κ3) is 3.35. The van der Waals surface area contributed by atoms with Crippen molar-refractivity contribution < 1.29 is 14.3 Å². The van der Waals surface area contributed by atoms with Gasteiger partial charge in [0.2, 0.25) is 0 Å². The predicted octanol–water partition coefficient (Wildman–Crippen LogP) is 3.55. The zero-order valence-corrected chi connectivity index (χ0v) is 14.3. The number of hydrogen-bond acceptors (Lipinski definition) is 4. The van der Waals surface area contributed by atoms with E-state index in [2.05, 4.69) is 17.1 Å². The van der Waals surface area contributed by atoms with Gasteiger partial charge in [-0.3, -0.25) is 0 Å². The summed E-state index contributed by atoms with van der Waals surface area (Å²) in [5.41, 5.74) is 2.57. The lowest BCUT2D eigenvalue weighted by atomic mass is 9.95. The second kappa shape index (κ2) is 6.51. The van der Waals surface area contributed by atoms with Crippen molar-refractivity contribution >= 4 is 17.7 Å². The number of allylic oxidation sites excluding steroid dienone is 1. The lowest BCUT2D eigenvalue weighted by molar-refractivity contribution is -0.158. The standard InChI is InChI=1S/C19H22N2O3/c1-4-23-18(22)19(2,3)24-17-8-6-14-5-7-16(11-15(14)12-17)21-10-9-20-13-21/h6,8-13H,4-5,7H2,1-3H3. The van der Waals surface area contributed by atoms with Gasteiger partial charge in [0.1, 0.15) is 5.75 Å². The van der Waals surface area contributed by atoms with Gasteiger partial charge in [-0.2, -0.15) is 0 Å². The quantitative estimate of drug-likeness (QED) is 0.789.